The fourth-order valence-electron chi connectivity index (χ4n) is 3.43. The first-order valence-corrected chi connectivity index (χ1v) is 9.41. The third-order valence-electron chi connectivity index (χ3n) is 5.32. The Balaban J connectivity index is 1.87. The molecule has 1 aliphatic rings. The minimum atomic E-state index is -1.04. The molecular weight excluding hydrogens is 340 g/mol. The summed E-state index contributed by atoms with van der Waals surface area (Å²) in [5, 5.41) is 13.3. The van der Waals surface area contributed by atoms with E-state index in [0.717, 1.165) is 35.7 Å². The van der Waals surface area contributed by atoms with E-state index >= 15 is 0 Å². The molecule has 0 radical (unpaired) electrons. The molecule has 1 amide bonds. The van der Waals surface area contributed by atoms with Crippen molar-refractivity contribution in [3.8, 4) is 0 Å². The largest absolute Gasteiger partial charge is 0.366 e. The van der Waals surface area contributed by atoms with Crippen molar-refractivity contribution in [1.82, 2.24) is 10.3 Å². The van der Waals surface area contributed by atoms with Crippen molar-refractivity contribution in [1.29, 1.82) is 0 Å². The van der Waals surface area contributed by atoms with Gasteiger partial charge in [-0.2, -0.15) is 0 Å². The Morgan fingerprint density at radius 2 is 2.15 bits per heavy atom. The van der Waals surface area contributed by atoms with E-state index in [2.05, 4.69) is 36.3 Å². The molecule has 1 aromatic carbocycles. The maximum Gasteiger partial charge on any atom is 0.253 e. The lowest BCUT2D eigenvalue weighted by Crippen LogP contribution is -2.41. The van der Waals surface area contributed by atoms with E-state index in [0.29, 0.717) is 11.0 Å². The Labute approximate surface area is 160 Å². The van der Waals surface area contributed by atoms with Crippen molar-refractivity contribution in [2.24, 2.45) is 5.41 Å². The quantitative estimate of drug-likeness (QED) is 0.785. The monoisotopic (exact) mass is 368 g/mol. The van der Waals surface area contributed by atoms with E-state index in [4.69, 9.17) is 4.74 Å². The zero-order valence-electron chi connectivity index (χ0n) is 16.5. The fourth-order valence-corrected chi connectivity index (χ4v) is 3.43. The Hall–Kier alpha value is -2.24. The number of hydrogen-bond acceptors (Lipinski definition) is 4. The van der Waals surface area contributed by atoms with Gasteiger partial charge in [0.2, 0.25) is 0 Å². The predicted molar refractivity (Wildman–Crippen MR) is 107 cm³/mol. The van der Waals surface area contributed by atoms with Crippen LogP contribution < -0.4 is 5.32 Å². The normalized spacial score (nSPS) is 18.6. The maximum absolute atomic E-state index is 12.4. The van der Waals surface area contributed by atoms with Crippen LogP contribution in [0.1, 0.15) is 56.0 Å². The van der Waals surface area contributed by atoms with Crippen LogP contribution in [0.5, 0.6) is 0 Å². The summed E-state index contributed by atoms with van der Waals surface area (Å²) in [6.45, 7) is 6.29. The molecule has 0 unspecified atom stereocenters. The zero-order valence-corrected chi connectivity index (χ0v) is 16.5. The molecule has 1 heterocycles. The zero-order chi connectivity index (χ0) is 19.6. The lowest BCUT2D eigenvalue weighted by atomic mass is 9.77. The van der Waals surface area contributed by atoms with Gasteiger partial charge in [-0.1, -0.05) is 38.1 Å². The number of amides is 1. The molecule has 0 fully saturated rings. The third kappa shape index (κ3) is 4.37. The molecule has 2 atom stereocenters. The first-order chi connectivity index (χ1) is 12.8. The lowest BCUT2D eigenvalue weighted by molar-refractivity contribution is -0.0911. The van der Waals surface area contributed by atoms with E-state index in [-0.39, 0.29) is 5.91 Å². The average Bonchev–Trinajstić information content (AvgIpc) is 2.66. The van der Waals surface area contributed by atoms with Crippen LogP contribution >= 0.6 is 0 Å². The number of fused-ring (bicyclic) bond motifs is 1. The second-order valence-corrected chi connectivity index (χ2v) is 8.09. The number of ether oxygens (including phenoxy) is 1. The first-order valence-electron chi connectivity index (χ1n) is 9.41. The summed E-state index contributed by atoms with van der Waals surface area (Å²) in [6, 6.07) is 7.43. The van der Waals surface area contributed by atoms with Gasteiger partial charge in [0.15, 0.2) is 6.29 Å². The van der Waals surface area contributed by atoms with Crippen LogP contribution in [0.2, 0.25) is 0 Å². The van der Waals surface area contributed by atoms with Crippen LogP contribution in [0, 0.1) is 5.41 Å². The smallest absolute Gasteiger partial charge is 0.253 e. The molecule has 2 aromatic rings. The summed E-state index contributed by atoms with van der Waals surface area (Å²) in [6.07, 6.45) is 6.16. The van der Waals surface area contributed by atoms with Crippen molar-refractivity contribution >= 4 is 22.4 Å². The minimum absolute atomic E-state index is 0.281. The number of methoxy groups -OCH3 is 1. The van der Waals surface area contributed by atoms with Crippen LogP contribution in [0.3, 0.4) is 0 Å². The standard InChI is InChI=1S/C22H28N2O3/c1-14(21(26)27-4)24-20(25)17-12-16-6-5-7-18(19(16)23-13-17)15-8-10-22(2,3)11-9-15/h5-8,12-14,21,26H,9-11H2,1-4H3,(H,24,25)/t14-,21-/m0/s1. The molecule has 0 spiro atoms. The van der Waals surface area contributed by atoms with Crippen molar-refractivity contribution < 1.29 is 14.6 Å². The number of carbonyl (C=O) groups excluding carboxylic acids is 1. The van der Waals surface area contributed by atoms with Gasteiger partial charge in [0.1, 0.15) is 0 Å². The molecule has 5 heteroatoms. The van der Waals surface area contributed by atoms with Crippen LogP contribution in [0.15, 0.2) is 36.5 Å². The first kappa shape index (κ1) is 19.5. The number of aromatic nitrogens is 1. The van der Waals surface area contributed by atoms with Gasteiger partial charge >= 0.3 is 0 Å². The van der Waals surface area contributed by atoms with Crippen LogP contribution in [0.4, 0.5) is 0 Å². The number of rotatable bonds is 5. The van der Waals surface area contributed by atoms with Gasteiger partial charge in [-0.05, 0) is 43.2 Å². The number of aliphatic hydroxyl groups excluding tert-OH is 1. The van der Waals surface area contributed by atoms with Gasteiger partial charge in [0.05, 0.1) is 17.1 Å². The van der Waals surface area contributed by atoms with Gasteiger partial charge in [-0.15, -0.1) is 0 Å². The number of para-hydroxylation sites is 1. The average molecular weight is 368 g/mol. The topological polar surface area (TPSA) is 71.5 Å². The highest BCUT2D eigenvalue weighted by atomic mass is 16.6. The molecule has 1 aliphatic carbocycles. The number of hydrogen-bond donors (Lipinski definition) is 2. The van der Waals surface area contributed by atoms with Gasteiger partial charge < -0.3 is 15.2 Å². The molecular formula is C22H28N2O3. The number of pyridine rings is 1. The second-order valence-electron chi connectivity index (χ2n) is 8.09. The molecule has 2 N–H and O–H groups in total. The number of carbonyl (C=O) groups is 1. The molecule has 1 aromatic heterocycles. The molecule has 0 aliphatic heterocycles. The molecule has 144 valence electrons. The number of benzene rings is 1. The summed E-state index contributed by atoms with van der Waals surface area (Å²) >= 11 is 0. The highest BCUT2D eigenvalue weighted by Crippen LogP contribution is 2.39. The SMILES string of the molecule is CO[C@H](O)[C@H](C)NC(=O)c1cnc2c(C3=CCC(C)(C)CC3)cccc2c1. The lowest BCUT2D eigenvalue weighted by Gasteiger charge is -2.29. The molecule has 5 nitrogen and oxygen atoms in total. The number of nitrogens with zero attached hydrogens (tertiary/aromatic N) is 1. The number of allylic oxidation sites excluding steroid dienone is 2. The molecule has 3 rings (SSSR count). The molecule has 0 saturated heterocycles. The maximum atomic E-state index is 12.4. The summed E-state index contributed by atoms with van der Waals surface area (Å²) in [5.41, 5.74) is 4.23. The van der Waals surface area contributed by atoms with Gasteiger partial charge in [0.25, 0.3) is 5.91 Å². The van der Waals surface area contributed by atoms with Gasteiger partial charge in [-0.25, -0.2) is 0 Å². The third-order valence-corrected chi connectivity index (χ3v) is 5.32. The summed E-state index contributed by atoms with van der Waals surface area (Å²) in [4.78, 5) is 17.0. The van der Waals surface area contributed by atoms with Crippen LogP contribution in [-0.2, 0) is 4.74 Å². The number of aliphatic hydroxyl groups is 1. The van der Waals surface area contributed by atoms with E-state index in [1.54, 1.807) is 13.1 Å². The minimum Gasteiger partial charge on any atom is -0.366 e. The molecule has 27 heavy (non-hydrogen) atoms. The molecule has 0 saturated carbocycles. The summed E-state index contributed by atoms with van der Waals surface area (Å²) in [5.74, 6) is -0.281. The van der Waals surface area contributed by atoms with Gasteiger partial charge in [0, 0.05) is 24.3 Å². The van der Waals surface area contributed by atoms with Crippen molar-refractivity contribution in [2.45, 2.75) is 52.4 Å². The Morgan fingerprint density at radius 1 is 1.37 bits per heavy atom. The highest BCUT2D eigenvalue weighted by molar-refractivity contribution is 5.99. The second kappa shape index (κ2) is 7.79. The Kier molecular flexibility index (Phi) is 5.63. The van der Waals surface area contributed by atoms with Gasteiger partial charge in [-0.3, -0.25) is 9.78 Å². The van der Waals surface area contributed by atoms with E-state index < -0.39 is 12.3 Å². The molecule has 0 bridgehead atoms. The van der Waals surface area contributed by atoms with E-state index in [1.165, 1.54) is 12.7 Å². The van der Waals surface area contributed by atoms with Crippen LogP contribution in [-0.4, -0.2) is 35.4 Å². The van der Waals surface area contributed by atoms with Crippen molar-refractivity contribution in [3.63, 3.8) is 0 Å². The van der Waals surface area contributed by atoms with E-state index in [9.17, 15) is 9.90 Å². The van der Waals surface area contributed by atoms with Crippen molar-refractivity contribution in [2.75, 3.05) is 7.11 Å². The number of nitrogens with one attached hydrogen (secondary N) is 1. The van der Waals surface area contributed by atoms with Crippen molar-refractivity contribution in [3.05, 3.63) is 47.7 Å². The highest BCUT2D eigenvalue weighted by Gasteiger charge is 2.23. The summed E-state index contributed by atoms with van der Waals surface area (Å²) < 4.78 is 4.84. The summed E-state index contributed by atoms with van der Waals surface area (Å²) in [7, 11) is 1.40. The fraction of sp³-hybridized carbons (Fsp3) is 0.455. The van der Waals surface area contributed by atoms with Crippen LogP contribution in [0.25, 0.3) is 16.5 Å². The predicted octanol–water partition coefficient (Wildman–Crippen LogP) is 3.91. The Bertz CT molecular complexity index is 873. The van der Waals surface area contributed by atoms with E-state index in [1.807, 2.05) is 18.2 Å². The Morgan fingerprint density at radius 3 is 2.81 bits per heavy atom.